The van der Waals surface area contributed by atoms with Crippen LogP contribution in [0, 0.1) is 0 Å². The Bertz CT molecular complexity index is 310. The SMILES string of the molecule is CCCCN(CCO)C(=O)C(C)=C(C)C(=O)O. The lowest BCUT2D eigenvalue weighted by Crippen LogP contribution is -2.35. The summed E-state index contributed by atoms with van der Waals surface area (Å²) >= 11 is 0. The minimum absolute atomic E-state index is 0.0504. The summed E-state index contributed by atoms with van der Waals surface area (Å²) in [7, 11) is 0. The Kier molecular flexibility index (Phi) is 7.21. The maximum absolute atomic E-state index is 12.0. The second-order valence-electron chi connectivity index (χ2n) is 3.92. The van der Waals surface area contributed by atoms with Crippen LogP contribution >= 0.6 is 0 Å². The molecule has 0 atom stereocenters. The average molecular weight is 243 g/mol. The van der Waals surface area contributed by atoms with Crippen LogP contribution in [-0.4, -0.2) is 46.7 Å². The smallest absolute Gasteiger partial charge is 0.331 e. The summed E-state index contributed by atoms with van der Waals surface area (Å²) < 4.78 is 0. The van der Waals surface area contributed by atoms with E-state index < -0.39 is 5.97 Å². The molecule has 0 saturated carbocycles. The molecule has 0 aliphatic rings. The normalized spacial score (nSPS) is 12.0. The molecule has 0 unspecified atom stereocenters. The Morgan fingerprint density at radius 1 is 1.12 bits per heavy atom. The van der Waals surface area contributed by atoms with Gasteiger partial charge in [-0.1, -0.05) is 13.3 Å². The predicted molar refractivity (Wildman–Crippen MR) is 64.6 cm³/mol. The predicted octanol–water partition coefficient (Wildman–Crippen LogP) is 1.03. The summed E-state index contributed by atoms with van der Waals surface area (Å²) in [6, 6.07) is 0. The monoisotopic (exact) mass is 243 g/mol. The molecule has 0 aromatic heterocycles. The van der Waals surface area contributed by atoms with Crippen molar-refractivity contribution >= 4 is 11.9 Å². The van der Waals surface area contributed by atoms with Gasteiger partial charge in [0.2, 0.25) is 5.91 Å². The molecule has 5 heteroatoms. The molecule has 0 radical (unpaired) electrons. The van der Waals surface area contributed by atoms with Gasteiger partial charge in [-0.15, -0.1) is 0 Å². The first-order valence-electron chi connectivity index (χ1n) is 5.76. The van der Waals surface area contributed by atoms with Crippen molar-refractivity contribution in [3.63, 3.8) is 0 Å². The van der Waals surface area contributed by atoms with Crippen molar-refractivity contribution in [3.05, 3.63) is 11.1 Å². The Morgan fingerprint density at radius 3 is 2.12 bits per heavy atom. The highest BCUT2D eigenvalue weighted by molar-refractivity contribution is 6.01. The van der Waals surface area contributed by atoms with Gasteiger partial charge in [-0.2, -0.15) is 0 Å². The Labute approximate surface area is 102 Å². The van der Waals surface area contributed by atoms with E-state index in [1.807, 2.05) is 6.92 Å². The fourth-order valence-electron chi connectivity index (χ4n) is 1.34. The van der Waals surface area contributed by atoms with Crippen molar-refractivity contribution in [2.75, 3.05) is 19.7 Å². The van der Waals surface area contributed by atoms with Gasteiger partial charge in [0, 0.05) is 24.2 Å². The van der Waals surface area contributed by atoms with Crippen molar-refractivity contribution in [1.82, 2.24) is 4.90 Å². The molecule has 0 aromatic carbocycles. The van der Waals surface area contributed by atoms with Crippen LogP contribution in [-0.2, 0) is 9.59 Å². The highest BCUT2D eigenvalue weighted by atomic mass is 16.4. The van der Waals surface area contributed by atoms with Gasteiger partial charge >= 0.3 is 5.97 Å². The number of aliphatic carboxylic acids is 1. The molecular weight excluding hydrogens is 222 g/mol. The number of aliphatic hydroxyl groups is 1. The molecule has 0 aliphatic carbocycles. The lowest BCUT2D eigenvalue weighted by atomic mass is 10.1. The minimum Gasteiger partial charge on any atom is -0.478 e. The van der Waals surface area contributed by atoms with Gasteiger partial charge in [-0.3, -0.25) is 4.79 Å². The van der Waals surface area contributed by atoms with Gasteiger partial charge in [0.25, 0.3) is 0 Å². The molecule has 0 aliphatic heterocycles. The molecule has 0 rings (SSSR count). The van der Waals surface area contributed by atoms with E-state index in [-0.39, 0.29) is 30.2 Å². The van der Waals surface area contributed by atoms with Crippen LogP contribution in [0.15, 0.2) is 11.1 Å². The zero-order chi connectivity index (χ0) is 13.4. The first-order chi connectivity index (χ1) is 7.95. The minimum atomic E-state index is -1.09. The third kappa shape index (κ3) is 4.99. The number of carboxylic acid groups (broad SMARTS) is 1. The molecule has 0 heterocycles. The van der Waals surface area contributed by atoms with E-state index in [0.717, 1.165) is 12.8 Å². The first kappa shape index (κ1) is 15.6. The molecule has 5 nitrogen and oxygen atoms in total. The van der Waals surface area contributed by atoms with Gasteiger partial charge in [0.05, 0.1) is 6.61 Å². The molecule has 0 spiro atoms. The zero-order valence-corrected chi connectivity index (χ0v) is 10.7. The first-order valence-corrected chi connectivity index (χ1v) is 5.76. The number of nitrogens with zero attached hydrogens (tertiary/aromatic N) is 1. The van der Waals surface area contributed by atoms with Gasteiger partial charge in [-0.05, 0) is 20.3 Å². The van der Waals surface area contributed by atoms with Crippen LogP contribution < -0.4 is 0 Å². The van der Waals surface area contributed by atoms with Gasteiger partial charge in [-0.25, -0.2) is 4.79 Å². The van der Waals surface area contributed by atoms with E-state index in [1.165, 1.54) is 18.7 Å². The Morgan fingerprint density at radius 2 is 1.71 bits per heavy atom. The number of aliphatic hydroxyl groups excluding tert-OH is 1. The van der Waals surface area contributed by atoms with Crippen LogP contribution in [0.5, 0.6) is 0 Å². The highest BCUT2D eigenvalue weighted by Crippen LogP contribution is 2.09. The Hall–Kier alpha value is -1.36. The molecule has 2 N–H and O–H groups in total. The maximum atomic E-state index is 12.0. The number of hydrogen-bond donors (Lipinski definition) is 2. The van der Waals surface area contributed by atoms with Crippen LogP contribution in [0.1, 0.15) is 33.6 Å². The lowest BCUT2D eigenvalue weighted by molar-refractivity contribution is -0.134. The third-order valence-corrected chi connectivity index (χ3v) is 2.64. The summed E-state index contributed by atoms with van der Waals surface area (Å²) in [4.78, 5) is 24.2. The largest absolute Gasteiger partial charge is 0.478 e. The van der Waals surface area contributed by atoms with Crippen molar-refractivity contribution in [3.8, 4) is 0 Å². The molecule has 0 bridgehead atoms. The zero-order valence-electron chi connectivity index (χ0n) is 10.7. The van der Waals surface area contributed by atoms with Gasteiger partial charge in [0.1, 0.15) is 0 Å². The maximum Gasteiger partial charge on any atom is 0.331 e. The van der Waals surface area contributed by atoms with Crippen LogP contribution in [0.4, 0.5) is 0 Å². The van der Waals surface area contributed by atoms with Crippen LogP contribution in [0.25, 0.3) is 0 Å². The van der Waals surface area contributed by atoms with E-state index >= 15 is 0 Å². The van der Waals surface area contributed by atoms with Crippen molar-refractivity contribution in [1.29, 1.82) is 0 Å². The summed E-state index contributed by atoms with van der Waals surface area (Å²) in [5.41, 5.74) is 0.275. The lowest BCUT2D eigenvalue weighted by Gasteiger charge is -2.22. The second kappa shape index (κ2) is 7.84. The number of rotatable bonds is 7. The quantitative estimate of drug-likeness (QED) is 0.655. The van der Waals surface area contributed by atoms with E-state index in [1.54, 1.807) is 0 Å². The third-order valence-electron chi connectivity index (χ3n) is 2.64. The number of hydrogen-bond acceptors (Lipinski definition) is 3. The molecule has 17 heavy (non-hydrogen) atoms. The van der Waals surface area contributed by atoms with Gasteiger partial charge < -0.3 is 15.1 Å². The fraction of sp³-hybridized carbons (Fsp3) is 0.667. The average Bonchev–Trinajstić information content (AvgIpc) is 2.31. The number of amides is 1. The highest BCUT2D eigenvalue weighted by Gasteiger charge is 2.18. The number of carbonyl (C=O) groups excluding carboxylic acids is 1. The molecule has 98 valence electrons. The molecular formula is C12H21NO4. The van der Waals surface area contributed by atoms with Crippen LogP contribution in [0.2, 0.25) is 0 Å². The summed E-state index contributed by atoms with van der Waals surface area (Å²) in [6.07, 6.45) is 1.78. The van der Waals surface area contributed by atoms with E-state index in [9.17, 15) is 9.59 Å². The standard InChI is InChI=1S/C12H21NO4/c1-4-5-6-13(7-8-14)11(15)9(2)10(3)12(16)17/h14H,4-8H2,1-3H3,(H,16,17). The summed E-state index contributed by atoms with van der Waals surface area (Å²) in [5, 5.41) is 17.7. The van der Waals surface area contributed by atoms with E-state index in [0.29, 0.717) is 6.54 Å². The summed E-state index contributed by atoms with van der Waals surface area (Å²) in [5.74, 6) is -1.40. The molecule has 0 fully saturated rings. The second-order valence-corrected chi connectivity index (χ2v) is 3.92. The van der Waals surface area contributed by atoms with Crippen molar-refractivity contribution < 1.29 is 19.8 Å². The van der Waals surface area contributed by atoms with Crippen LogP contribution in [0.3, 0.4) is 0 Å². The van der Waals surface area contributed by atoms with E-state index in [2.05, 4.69) is 0 Å². The number of carbonyl (C=O) groups is 2. The van der Waals surface area contributed by atoms with Gasteiger partial charge in [0.15, 0.2) is 0 Å². The molecule has 1 amide bonds. The fourth-order valence-corrected chi connectivity index (χ4v) is 1.34. The number of unbranched alkanes of at least 4 members (excludes halogenated alkanes) is 1. The Balaban J connectivity index is 4.82. The van der Waals surface area contributed by atoms with Crippen molar-refractivity contribution in [2.24, 2.45) is 0 Å². The molecule has 0 aromatic rings. The van der Waals surface area contributed by atoms with E-state index in [4.69, 9.17) is 10.2 Å². The van der Waals surface area contributed by atoms with Crippen molar-refractivity contribution in [2.45, 2.75) is 33.6 Å². The summed E-state index contributed by atoms with van der Waals surface area (Å²) in [6.45, 7) is 5.58. The number of carboxylic acids is 1. The topological polar surface area (TPSA) is 77.8 Å². The molecule has 0 saturated heterocycles.